The topological polar surface area (TPSA) is 79.0 Å². The number of aryl methyl sites for hydroxylation is 1. The van der Waals surface area contributed by atoms with E-state index in [9.17, 15) is 9.90 Å². The number of nitrogens with zero attached hydrogens (tertiary/aromatic N) is 3. The van der Waals surface area contributed by atoms with Gasteiger partial charge in [0, 0.05) is 25.1 Å². The molecule has 1 unspecified atom stereocenters. The zero-order chi connectivity index (χ0) is 18.6. The van der Waals surface area contributed by atoms with Crippen LogP contribution in [0.4, 0.5) is 0 Å². The molecule has 0 radical (unpaired) electrons. The van der Waals surface area contributed by atoms with Crippen molar-refractivity contribution >= 4 is 5.97 Å². The standard InChI is InChI=1S/C19H31N3O4/c1-3-25-18(24)13-22-9-6-19(16(11-22)14-23)4-7-21(8-5-19)12-17-10-15(2)20-26-17/h10,16,23H,3-9,11-14H2,1-2H3. The van der Waals surface area contributed by atoms with Crippen molar-refractivity contribution in [1.29, 1.82) is 0 Å². The van der Waals surface area contributed by atoms with E-state index in [0.29, 0.717) is 13.2 Å². The average Bonchev–Trinajstić information content (AvgIpc) is 3.04. The van der Waals surface area contributed by atoms with Crippen molar-refractivity contribution in [2.24, 2.45) is 11.3 Å². The second kappa shape index (κ2) is 8.50. The van der Waals surface area contributed by atoms with Gasteiger partial charge >= 0.3 is 5.97 Å². The van der Waals surface area contributed by atoms with E-state index in [-0.39, 0.29) is 23.9 Å². The highest BCUT2D eigenvalue weighted by Gasteiger charge is 2.44. The number of hydrogen-bond acceptors (Lipinski definition) is 7. The largest absolute Gasteiger partial charge is 0.465 e. The van der Waals surface area contributed by atoms with E-state index in [0.717, 1.165) is 63.4 Å². The van der Waals surface area contributed by atoms with Crippen LogP contribution in [-0.2, 0) is 16.1 Å². The molecule has 1 aromatic heterocycles. The Kier molecular flexibility index (Phi) is 6.32. The summed E-state index contributed by atoms with van der Waals surface area (Å²) in [6, 6.07) is 1.99. The number of aliphatic hydroxyl groups is 1. The first kappa shape index (κ1) is 19.3. The first-order valence-corrected chi connectivity index (χ1v) is 9.68. The molecule has 7 heteroatoms. The molecule has 0 amide bonds. The maximum Gasteiger partial charge on any atom is 0.320 e. The van der Waals surface area contributed by atoms with Gasteiger partial charge in [-0.2, -0.15) is 0 Å². The van der Waals surface area contributed by atoms with Crippen LogP contribution in [0.15, 0.2) is 10.6 Å². The monoisotopic (exact) mass is 365 g/mol. The van der Waals surface area contributed by atoms with Crippen molar-refractivity contribution in [2.75, 3.05) is 45.9 Å². The lowest BCUT2D eigenvalue weighted by Gasteiger charge is -2.51. The van der Waals surface area contributed by atoms with Gasteiger partial charge in [-0.15, -0.1) is 0 Å². The molecule has 0 saturated carbocycles. The lowest BCUT2D eigenvalue weighted by Crippen LogP contribution is -2.54. The van der Waals surface area contributed by atoms with Crippen LogP contribution in [-0.4, -0.2) is 72.0 Å². The van der Waals surface area contributed by atoms with Gasteiger partial charge in [-0.3, -0.25) is 14.6 Å². The number of hydrogen-bond donors (Lipinski definition) is 1. The van der Waals surface area contributed by atoms with Crippen molar-refractivity contribution in [3.8, 4) is 0 Å². The summed E-state index contributed by atoms with van der Waals surface area (Å²) in [6.45, 7) is 9.19. The van der Waals surface area contributed by atoms with Crippen LogP contribution in [0.1, 0.15) is 37.6 Å². The number of likely N-dealkylation sites (tertiary alicyclic amines) is 2. The van der Waals surface area contributed by atoms with Crippen molar-refractivity contribution < 1.29 is 19.2 Å². The molecule has 0 aromatic carbocycles. The highest BCUT2D eigenvalue weighted by Crippen LogP contribution is 2.45. The molecule has 3 heterocycles. The smallest absolute Gasteiger partial charge is 0.320 e. The first-order valence-electron chi connectivity index (χ1n) is 9.68. The number of carbonyl (C=O) groups excluding carboxylic acids is 1. The fourth-order valence-electron chi connectivity index (χ4n) is 4.49. The van der Waals surface area contributed by atoms with E-state index >= 15 is 0 Å². The van der Waals surface area contributed by atoms with E-state index in [1.807, 2.05) is 19.9 Å². The summed E-state index contributed by atoms with van der Waals surface area (Å²) in [5.74, 6) is 0.971. The van der Waals surface area contributed by atoms with E-state index in [2.05, 4.69) is 15.0 Å². The van der Waals surface area contributed by atoms with Gasteiger partial charge in [-0.25, -0.2) is 0 Å². The molecule has 3 rings (SSSR count). The molecule has 7 nitrogen and oxygen atoms in total. The SMILES string of the molecule is CCOC(=O)CN1CCC2(CCN(Cc3cc(C)no3)CC2)C(CO)C1. The van der Waals surface area contributed by atoms with Gasteiger partial charge in [0.25, 0.3) is 0 Å². The highest BCUT2D eigenvalue weighted by atomic mass is 16.5. The predicted molar refractivity (Wildman–Crippen MR) is 96.4 cm³/mol. The van der Waals surface area contributed by atoms with Crippen LogP contribution in [0, 0.1) is 18.3 Å². The second-order valence-electron chi connectivity index (χ2n) is 7.74. The number of piperidine rings is 2. The minimum Gasteiger partial charge on any atom is -0.465 e. The minimum atomic E-state index is -0.169. The van der Waals surface area contributed by atoms with E-state index < -0.39 is 0 Å². The zero-order valence-electron chi connectivity index (χ0n) is 15.9. The molecule has 2 aliphatic rings. The second-order valence-corrected chi connectivity index (χ2v) is 7.74. The fourth-order valence-corrected chi connectivity index (χ4v) is 4.49. The Bertz CT molecular complexity index is 595. The van der Waals surface area contributed by atoms with Crippen LogP contribution in [0.5, 0.6) is 0 Å². The summed E-state index contributed by atoms with van der Waals surface area (Å²) in [4.78, 5) is 16.3. The van der Waals surface area contributed by atoms with E-state index in [4.69, 9.17) is 9.26 Å². The Labute approximate surface area is 155 Å². The maximum absolute atomic E-state index is 11.7. The predicted octanol–water partition coefficient (Wildman–Crippen LogP) is 1.44. The van der Waals surface area contributed by atoms with Gasteiger partial charge in [0.15, 0.2) is 5.76 Å². The molecule has 2 aliphatic heterocycles. The molecule has 1 aromatic rings. The summed E-state index contributed by atoms with van der Waals surface area (Å²) in [6.07, 6.45) is 3.20. The third-order valence-corrected chi connectivity index (χ3v) is 6.06. The minimum absolute atomic E-state index is 0.169. The van der Waals surface area contributed by atoms with E-state index in [1.165, 1.54) is 0 Å². The molecule has 2 fully saturated rings. The van der Waals surface area contributed by atoms with Crippen LogP contribution in [0.25, 0.3) is 0 Å². The zero-order valence-corrected chi connectivity index (χ0v) is 15.9. The Balaban J connectivity index is 1.53. The van der Waals surface area contributed by atoms with Crippen molar-refractivity contribution in [3.63, 3.8) is 0 Å². The molecule has 0 aliphatic carbocycles. The first-order chi connectivity index (χ1) is 12.5. The normalized spacial score (nSPS) is 24.0. The molecule has 0 bridgehead atoms. The lowest BCUT2D eigenvalue weighted by atomic mass is 9.64. The number of aliphatic hydroxyl groups excluding tert-OH is 1. The fraction of sp³-hybridized carbons (Fsp3) is 0.789. The molecule has 1 N–H and O–H groups in total. The summed E-state index contributed by atoms with van der Waals surface area (Å²) in [7, 11) is 0. The third kappa shape index (κ3) is 4.45. The van der Waals surface area contributed by atoms with Crippen LogP contribution in [0.3, 0.4) is 0 Å². The Hall–Kier alpha value is -1.44. The quantitative estimate of drug-likeness (QED) is 0.764. The molecule has 26 heavy (non-hydrogen) atoms. The Morgan fingerprint density at radius 2 is 2.04 bits per heavy atom. The molecular formula is C19H31N3O4. The van der Waals surface area contributed by atoms with Gasteiger partial charge < -0.3 is 14.4 Å². The molecule has 1 atom stereocenters. The van der Waals surface area contributed by atoms with Gasteiger partial charge in [-0.1, -0.05) is 5.16 Å². The van der Waals surface area contributed by atoms with Gasteiger partial charge in [0.2, 0.25) is 0 Å². The summed E-state index contributed by atoms with van der Waals surface area (Å²) in [5, 5.41) is 13.9. The Morgan fingerprint density at radius 3 is 2.62 bits per heavy atom. The van der Waals surface area contributed by atoms with Crippen molar-refractivity contribution in [2.45, 2.75) is 39.7 Å². The van der Waals surface area contributed by atoms with Gasteiger partial charge in [0.05, 0.1) is 25.4 Å². The summed E-state index contributed by atoms with van der Waals surface area (Å²) < 4.78 is 10.4. The maximum atomic E-state index is 11.7. The van der Waals surface area contributed by atoms with Crippen molar-refractivity contribution in [3.05, 3.63) is 17.5 Å². The number of esters is 1. The van der Waals surface area contributed by atoms with Crippen LogP contribution < -0.4 is 0 Å². The van der Waals surface area contributed by atoms with Gasteiger partial charge in [0.1, 0.15) is 0 Å². The number of ether oxygens (including phenoxy) is 1. The highest BCUT2D eigenvalue weighted by molar-refractivity contribution is 5.71. The van der Waals surface area contributed by atoms with Gasteiger partial charge in [-0.05, 0) is 58.2 Å². The van der Waals surface area contributed by atoms with Crippen LogP contribution in [0.2, 0.25) is 0 Å². The van der Waals surface area contributed by atoms with E-state index in [1.54, 1.807) is 0 Å². The summed E-state index contributed by atoms with van der Waals surface area (Å²) in [5.41, 5.74) is 1.11. The Morgan fingerprint density at radius 1 is 1.35 bits per heavy atom. The van der Waals surface area contributed by atoms with Crippen LogP contribution >= 0.6 is 0 Å². The molecule has 2 saturated heterocycles. The molecular weight excluding hydrogens is 334 g/mol. The number of rotatable bonds is 6. The molecule has 1 spiro atoms. The number of aromatic nitrogens is 1. The third-order valence-electron chi connectivity index (χ3n) is 6.06. The lowest BCUT2D eigenvalue weighted by molar-refractivity contribution is -0.146. The number of carbonyl (C=O) groups is 1. The average molecular weight is 365 g/mol. The molecule has 146 valence electrons. The van der Waals surface area contributed by atoms with Crippen molar-refractivity contribution in [1.82, 2.24) is 15.0 Å². The summed E-state index contributed by atoms with van der Waals surface area (Å²) >= 11 is 0.